The van der Waals surface area contributed by atoms with Crippen molar-refractivity contribution in [2.45, 2.75) is 37.8 Å². The van der Waals surface area contributed by atoms with E-state index in [2.05, 4.69) is 63.0 Å². The van der Waals surface area contributed by atoms with Gasteiger partial charge in [0, 0.05) is 43.0 Å². The van der Waals surface area contributed by atoms with Gasteiger partial charge in [0.05, 0.1) is 0 Å². The third kappa shape index (κ3) is 3.10. The monoisotopic (exact) mass is 336 g/mol. The van der Waals surface area contributed by atoms with Gasteiger partial charge < -0.3 is 0 Å². The lowest BCUT2D eigenvalue weighted by atomic mass is 9.98. The van der Waals surface area contributed by atoms with Crippen LogP contribution in [-0.2, 0) is 0 Å². The van der Waals surface area contributed by atoms with E-state index in [1.165, 1.54) is 44.6 Å². The molecule has 0 saturated carbocycles. The van der Waals surface area contributed by atoms with Gasteiger partial charge in [0.1, 0.15) is 0 Å². The molecule has 110 valence electrons. The number of benzene rings is 1. The van der Waals surface area contributed by atoms with Crippen LogP contribution in [0.4, 0.5) is 0 Å². The minimum Gasteiger partial charge on any atom is -0.298 e. The molecular formula is C17H25BrN2. The molecular weight excluding hydrogens is 312 g/mol. The molecule has 2 heterocycles. The van der Waals surface area contributed by atoms with E-state index in [1.54, 1.807) is 0 Å². The highest BCUT2D eigenvalue weighted by molar-refractivity contribution is 9.09. The Kier molecular flexibility index (Phi) is 4.79. The fourth-order valence-corrected chi connectivity index (χ4v) is 4.33. The zero-order valence-corrected chi connectivity index (χ0v) is 13.9. The number of piperazine rings is 1. The molecule has 0 amide bonds. The van der Waals surface area contributed by atoms with Crippen molar-refractivity contribution in [3.8, 4) is 0 Å². The molecule has 3 rings (SSSR count). The summed E-state index contributed by atoms with van der Waals surface area (Å²) in [4.78, 5) is 5.41. The summed E-state index contributed by atoms with van der Waals surface area (Å²) in [6, 6.07) is 12.5. The van der Waals surface area contributed by atoms with Crippen molar-refractivity contribution in [2.24, 2.45) is 0 Å². The van der Waals surface area contributed by atoms with Crippen molar-refractivity contribution in [2.75, 3.05) is 31.5 Å². The Bertz CT molecular complexity index is 422. The fraction of sp³-hybridized carbons (Fsp3) is 0.647. The second-order valence-corrected chi connectivity index (χ2v) is 7.00. The molecule has 0 radical (unpaired) electrons. The fourth-order valence-electron chi connectivity index (χ4n) is 3.75. The average molecular weight is 337 g/mol. The molecule has 3 heteroatoms. The molecule has 0 aliphatic carbocycles. The Morgan fingerprint density at radius 2 is 2.05 bits per heavy atom. The molecule has 1 aromatic rings. The van der Waals surface area contributed by atoms with Crippen LogP contribution in [0.3, 0.4) is 0 Å². The Morgan fingerprint density at radius 3 is 2.80 bits per heavy atom. The predicted octanol–water partition coefficient (Wildman–Crippen LogP) is 3.33. The maximum absolute atomic E-state index is 3.72. The molecule has 3 atom stereocenters. The standard InChI is InChI=1S/C17H25BrN2/c1-14-11-19-9-5-8-17(19)13-20(14)12-16(10-18)15-6-3-2-4-7-15/h2-4,6-7,14,16-17H,5,8-13H2,1H3. The van der Waals surface area contributed by atoms with Crippen molar-refractivity contribution in [1.29, 1.82) is 0 Å². The highest BCUT2D eigenvalue weighted by Gasteiger charge is 2.34. The lowest BCUT2D eigenvalue weighted by Crippen LogP contribution is -2.55. The first-order valence-electron chi connectivity index (χ1n) is 7.87. The van der Waals surface area contributed by atoms with E-state index in [1.807, 2.05) is 0 Å². The normalized spacial score (nSPS) is 29.3. The van der Waals surface area contributed by atoms with E-state index in [9.17, 15) is 0 Å². The van der Waals surface area contributed by atoms with Gasteiger partial charge in [-0.2, -0.15) is 0 Å². The summed E-state index contributed by atoms with van der Waals surface area (Å²) >= 11 is 3.72. The Morgan fingerprint density at radius 1 is 1.25 bits per heavy atom. The van der Waals surface area contributed by atoms with Crippen molar-refractivity contribution in [1.82, 2.24) is 9.80 Å². The van der Waals surface area contributed by atoms with Gasteiger partial charge in [-0.25, -0.2) is 0 Å². The summed E-state index contributed by atoms with van der Waals surface area (Å²) < 4.78 is 0. The smallest absolute Gasteiger partial charge is 0.0224 e. The molecule has 2 aliphatic heterocycles. The number of hydrogen-bond acceptors (Lipinski definition) is 2. The third-order valence-electron chi connectivity index (χ3n) is 4.98. The van der Waals surface area contributed by atoms with Crippen LogP contribution in [0.25, 0.3) is 0 Å². The average Bonchev–Trinajstić information content (AvgIpc) is 2.92. The van der Waals surface area contributed by atoms with E-state index in [0.717, 1.165) is 11.4 Å². The lowest BCUT2D eigenvalue weighted by molar-refractivity contribution is 0.0565. The van der Waals surface area contributed by atoms with Gasteiger partial charge in [-0.1, -0.05) is 46.3 Å². The number of halogens is 1. The van der Waals surface area contributed by atoms with E-state index in [4.69, 9.17) is 0 Å². The molecule has 0 bridgehead atoms. The molecule has 2 nitrogen and oxygen atoms in total. The predicted molar refractivity (Wildman–Crippen MR) is 88.6 cm³/mol. The molecule has 2 saturated heterocycles. The second-order valence-electron chi connectivity index (χ2n) is 6.36. The Labute approximate surface area is 131 Å². The Hall–Kier alpha value is -0.380. The van der Waals surface area contributed by atoms with Gasteiger partial charge in [-0.05, 0) is 31.9 Å². The largest absolute Gasteiger partial charge is 0.298 e. The quantitative estimate of drug-likeness (QED) is 0.778. The number of rotatable bonds is 4. The SMILES string of the molecule is CC1CN2CCCC2CN1CC(CBr)c1ccccc1. The summed E-state index contributed by atoms with van der Waals surface area (Å²) in [5, 5.41) is 1.05. The molecule has 2 aliphatic rings. The first kappa shape index (κ1) is 14.6. The van der Waals surface area contributed by atoms with Crippen molar-refractivity contribution in [3.05, 3.63) is 35.9 Å². The molecule has 2 fully saturated rings. The van der Waals surface area contributed by atoms with Crippen LogP contribution in [0.15, 0.2) is 30.3 Å². The van der Waals surface area contributed by atoms with E-state index >= 15 is 0 Å². The molecule has 20 heavy (non-hydrogen) atoms. The number of fused-ring (bicyclic) bond motifs is 1. The summed E-state index contributed by atoms with van der Waals surface area (Å²) in [5.41, 5.74) is 1.46. The van der Waals surface area contributed by atoms with Gasteiger partial charge in [0.25, 0.3) is 0 Å². The van der Waals surface area contributed by atoms with Crippen LogP contribution in [0, 0.1) is 0 Å². The van der Waals surface area contributed by atoms with Crippen LogP contribution in [0.5, 0.6) is 0 Å². The maximum atomic E-state index is 3.72. The molecule has 0 N–H and O–H groups in total. The highest BCUT2D eigenvalue weighted by Crippen LogP contribution is 2.27. The highest BCUT2D eigenvalue weighted by atomic mass is 79.9. The second kappa shape index (κ2) is 6.59. The van der Waals surface area contributed by atoms with Gasteiger partial charge >= 0.3 is 0 Å². The first-order chi connectivity index (χ1) is 9.78. The van der Waals surface area contributed by atoms with Crippen molar-refractivity contribution in [3.63, 3.8) is 0 Å². The van der Waals surface area contributed by atoms with Gasteiger partial charge in [-0.3, -0.25) is 9.80 Å². The third-order valence-corrected chi connectivity index (χ3v) is 5.76. The van der Waals surface area contributed by atoms with E-state index in [-0.39, 0.29) is 0 Å². The summed E-state index contributed by atoms with van der Waals surface area (Å²) in [6.45, 7) is 7.42. The number of hydrogen-bond donors (Lipinski definition) is 0. The summed E-state index contributed by atoms with van der Waals surface area (Å²) in [5.74, 6) is 0.603. The molecule has 3 unspecified atom stereocenters. The number of nitrogens with zero attached hydrogens (tertiary/aromatic N) is 2. The lowest BCUT2D eigenvalue weighted by Gasteiger charge is -2.43. The van der Waals surface area contributed by atoms with Crippen LogP contribution in [0.2, 0.25) is 0 Å². The zero-order valence-electron chi connectivity index (χ0n) is 12.3. The van der Waals surface area contributed by atoms with Gasteiger partial charge in [0.2, 0.25) is 0 Å². The van der Waals surface area contributed by atoms with Gasteiger partial charge in [0.15, 0.2) is 0 Å². The minimum atomic E-state index is 0.603. The van der Waals surface area contributed by atoms with E-state index in [0.29, 0.717) is 12.0 Å². The Balaban J connectivity index is 1.66. The van der Waals surface area contributed by atoms with Crippen LogP contribution >= 0.6 is 15.9 Å². The maximum Gasteiger partial charge on any atom is 0.0224 e. The number of alkyl halides is 1. The topological polar surface area (TPSA) is 6.48 Å². The minimum absolute atomic E-state index is 0.603. The van der Waals surface area contributed by atoms with Crippen LogP contribution in [-0.4, -0.2) is 53.4 Å². The van der Waals surface area contributed by atoms with Crippen molar-refractivity contribution < 1.29 is 0 Å². The molecule has 1 aromatic carbocycles. The summed E-state index contributed by atoms with van der Waals surface area (Å²) in [7, 11) is 0. The molecule has 0 aromatic heterocycles. The van der Waals surface area contributed by atoms with Gasteiger partial charge in [-0.15, -0.1) is 0 Å². The van der Waals surface area contributed by atoms with Crippen LogP contribution in [0.1, 0.15) is 31.2 Å². The zero-order chi connectivity index (χ0) is 13.9. The van der Waals surface area contributed by atoms with E-state index < -0.39 is 0 Å². The molecule has 0 spiro atoms. The summed E-state index contributed by atoms with van der Waals surface area (Å²) in [6.07, 6.45) is 2.79. The van der Waals surface area contributed by atoms with Crippen molar-refractivity contribution >= 4 is 15.9 Å². The first-order valence-corrected chi connectivity index (χ1v) is 8.99. The van der Waals surface area contributed by atoms with Crippen LogP contribution < -0.4 is 0 Å².